The third-order valence-corrected chi connectivity index (χ3v) is 12.8. The summed E-state index contributed by atoms with van der Waals surface area (Å²) in [7, 11) is 1.67. The first kappa shape index (κ1) is 37.4. The number of carbonyl (C=O) groups excluding carboxylic acids is 1. The van der Waals surface area contributed by atoms with Crippen LogP contribution in [0.5, 0.6) is 28.7 Å². The van der Waals surface area contributed by atoms with Crippen molar-refractivity contribution in [3.8, 4) is 28.7 Å². The highest BCUT2D eigenvalue weighted by atomic mass is 19.1. The van der Waals surface area contributed by atoms with Gasteiger partial charge in [-0.2, -0.15) is 0 Å². The summed E-state index contributed by atoms with van der Waals surface area (Å²) >= 11 is 0. The molecule has 1 saturated carbocycles. The number of piperidine rings is 1. The van der Waals surface area contributed by atoms with Crippen molar-refractivity contribution in [1.82, 2.24) is 19.8 Å². The fourth-order valence-electron chi connectivity index (χ4n) is 9.80. The molecule has 2 saturated heterocycles. The number of pyridine rings is 1. The maximum absolute atomic E-state index is 15.8. The monoisotopic (exact) mass is 773 g/mol. The molecule has 1 atom stereocenters. The van der Waals surface area contributed by atoms with Crippen molar-refractivity contribution in [1.29, 1.82) is 0 Å². The van der Waals surface area contributed by atoms with Gasteiger partial charge < -0.3 is 28.8 Å². The van der Waals surface area contributed by atoms with Crippen LogP contribution in [-0.4, -0.2) is 84.6 Å². The largest absolute Gasteiger partial charge is 0.493 e. The van der Waals surface area contributed by atoms with Gasteiger partial charge in [-0.15, -0.1) is 0 Å². The summed E-state index contributed by atoms with van der Waals surface area (Å²) < 4.78 is 39.7. The van der Waals surface area contributed by atoms with Crippen molar-refractivity contribution in [2.24, 2.45) is 5.41 Å². The number of Topliss-reactive ketones (excluding diaryl/α,β-unsaturated/α-hetero) is 1. The number of ether oxygens (including phenoxy) is 4. The number of methoxy groups -OCH3 is 1. The van der Waals surface area contributed by atoms with E-state index < -0.39 is 5.82 Å². The van der Waals surface area contributed by atoms with Gasteiger partial charge in [0.05, 0.1) is 24.6 Å². The quantitative estimate of drug-likeness (QED) is 0.140. The summed E-state index contributed by atoms with van der Waals surface area (Å²) in [6.07, 6.45) is 7.73. The van der Waals surface area contributed by atoms with E-state index in [2.05, 4.69) is 68.8 Å². The minimum Gasteiger partial charge on any atom is -0.493 e. The smallest absolute Gasteiger partial charge is 0.204 e. The van der Waals surface area contributed by atoms with Crippen LogP contribution in [0.1, 0.15) is 85.5 Å². The van der Waals surface area contributed by atoms with Crippen LogP contribution in [0.15, 0.2) is 73.1 Å². The van der Waals surface area contributed by atoms with Crippen molar-refractivity contribution in [2.45, 2.75) is 71.0 Å². The van der Waals surface area contributed by atoms with Gasteiger partial charge in [-0.3, -0.25) is 14.6 Å². The number of fused-ring (bicyclic) bond motifs is 2. The Hall–Kier alpha value is -5.13. The van der Waals surface area contributed by atoms with E-state index in [1.165, 1.54) is 24.1 Å². The van der Waals surface area contributed by atoms with Gasteiger partial charge in [0.25, 0.3) is 0 Å². The number of halogens is 1. The fraction of sp³-hybridized carbons (Fsp3) is 0.435. The topological polar surface area (TPSA) is 92.4 Å². The molecule has 0 radical (unpaired) electrons. The number of aromatic amines is 1. The number of hydrogen-bond acceptors (Lipinski definition) is 9. The number of ketones is 1. The second-order valence-electron chi connectivity index (χ2n) is 16.6. The average Bonchev–Trinajstić information content (AvgIpc) is 3.69. The third kappa shape index (κ3) is 7.20. The summed E-state index contributed by atoms with van der Waals surface area (Å²) in [5.41, 5.74) is 5.67. The number of anilines is 1. The second-order valence-corrected chi connectivity index (χ2v) is 16.6. The Morgan fingerprint density at radius 2 is 1.77 bits per heavy atom. The van der Waals surface area contributed by atoms with E-state index in [-0.39, 0.29) is 22.8 Å². The Kier molecular flexibility index (Phi) is 10.1. The molecular formula is C46H52FN5O5. The Balaban J connectivity index is 0.901. The zero-order valence-electron chi connectivity index (χ0n) is 33.4. The van der Waals surface area contributed by atoms with Crippen molar-refractivity contribution in [2.75, 3.05) is 57.9 Å². The van der Waals surface area contributed by atoms with Crippen molar-refractivity contribution in [3.05, 3.63) is 101 Å². The number of piperazine rings is 1. The molecule has 3 fully saturated rings. The van der Waals surface area contributed by atoms with E-state index >= 15 is 4.39 Å². The molecule has 0 unspecified atom stereocenters. The first-order chi connectivity index (χ1) is 27.7. The second kappa shape index (κ2) is 15.3. The predicted molar refractivity (Wildman–Crippen MR) is 219 cm³/mol. The molecule has 1 spiro atoms. The van der Waals surface area contributed by atoms with E-state index in [9.17, 15) is 4.79 Å². The van der Waals surface area contributed by atoms with Crippen LogP contribution in [-0.2, 0) is 6.54 Å². The minimum absolute atomic E-state index is 0.222. The highest BCUT2D eigenvalue weighted by molar-refractivity contribution is 5.97. The van der Waals surface area contributed by atoms with E-state index in [1.807, 2.05) is 24.4 Å². The van der Waals surface area contributed by atoms with Gasteiger partial charge in [-0.05, 0) is 79.3 Å². The summed E-state index contributed by atoms with van der Waals surface area (Å²) in [5.74, 6) is 2.85. The number of H-pyrrole nitrogens is 1. The number of nitrogens with zero attached hydrogens (tertiary/aromatic N) is 4. The Morgan fingerprint density at radius 1 is 0.982 bits per heavy atom. The molecule has 11 heteroatoms. The Labute approximate surface area is 333 Å². The fourth-order valence-corrected chi connectivity index (χ4v) is 9.80. The lowest BCUT2D eigenvalue weighted by Gasteiger charge is -2.58. The van der Waals surface area contributed by atoms with Crippen molar-refractivity contribution >= 4 is 22.5 Å². The Morgan fingerprint density at radius 3 is 2.54 bits per heavy atom. The van der Waals surface area contributed by atoms with Crippen LogP contribution >= 0.6 is 0 Å². The highest BCUT2D eigenvalue weighted by Gasteiger charge is 2.50. The molecule has 4 aliphatic rings. The summed E-state index contributed by atoms with van der Waals surface area (Å²) in [6.45, 7) is 12.3. The molecule has 57 heavy (non-hydrogen) atoms. The summed E-state index contributed by atoms with van der Waals surface area (Å²) in [5, 5.41) is 0.897. The lowest BCUT2D eigenvalue weighted by molar-refractivity contribution is -0.0629. The molecule has 298 valence electrons. The molecule has 2 aromatic heterocycles. The zero-order chi connectivity index (χ0) is 39.3. The van der Waals surface area contributed by atoms with Gasteiger partial charge in [0.15, 0.2) is 17.3 Å². The van der Waals surface area contributed by atoms with Crippen LogP contribution in [0.25, 0.3) is 11.0 Å². The molecule has 3 aliphatic heterocycles. The van der Waals surface area contributed by atoms with Gasteiger partial charge in [-0.25, -0.2) is 9.37 Å². The number of rotatable bonds is 10. The highest BCUT2D eigenvalue weighted by Crippen LogP contribution is 2.54. The number of carbonyl (C=O) groups is 1. The third-order valence-electron chi connectivity index (χ3n) is 12.8. The predicted octanol–water partition coefficient (Wildman–Crippen LogP) is 8.91. The first-order valence-corrected chi connectivity index (χ1v) is 20.4. The van der Waals surface area contributed by atoms with Gasteiger partial charge in [0, 0.05) is 74.6 Å². The molecule has 1 aliphatic carbocycles. The van der Waals surface area contributed by atoms with Gasteiger partial charge >= 0.3 is 0 Å². The minimum atomic E-state index is -0.395. The van der Waals surface area contributed by atoms with Crippen LogP contribution in [0.4, 0.5) is 10.1 Å². The number of nitrogens with one attached hydrogen (secondary N) is 1. The molecule has 0 amide bonds. The van der Waals surface area contributed by atoms with E-state index in [1.54, 1.807) is 19.4 Å². The lowest BCUT2D eigenvalue weighted by Crippen LogP contribution is -2.60. The van der Waals surface area contributed by atoms with Crippen LogP contribution in [0.2, 0.25) is 0 Å². The van der Waals surface area contributed by atoms with Crippen LogP contribution < -0.4 is 23.8 Å². The van der Waals surface area contributed by atoms with Crippen molar-refractivity contribution < 1.29 is 28.1 Å². The van der Waals surface area contributed by atoms with E-state index in [0.29, 0.717) is 53.9 Å². The van der Waals surface area contributed by atoms with Gasteiger partial charge in [0.2, 0.25) is 5.75 Å². The molecule has 0 bridgehead atoms. The number of benzene rings is 3. The summed E-state index contributed by atoms with van der Waals surface area (Å²) in [6, 6.07) is 20.7. The van der Waals surface area contributed by atoms with Crippen LogP contribution in [0.3, 0.4) is 0 Å². The lowest BCUT2D eigenvalue weighted by atomic mass is 9.59. The Bertz CT molecular complexity index is 2270. The molecule has 9 rings (SSSR count). The number of aromatic nitrogens is 2. The van der Waals surface area contributed by atoms with E-state index in [0.717, 1.165) is 87.3 Å². The molecule has 3 aromatic carbocycles. The van der Waals surface area contributed by atoms with Crippen molar-refractivity contribution in [3.63, 3.8) is 0 Å². The molecule has 10 nitrogen and oxygen atoms in total. The molecule has 1 N–H and O–H groups in total. The SMILES string of the molecule is COc1ccc(CN2CCN(C3CC4(CCN(c5cc(Oc6cnc7[nH]ccc7c6)c(C(C)=O)cc5F)CC4)C3)[C@H](c3ccccc3C(C)C)C2)c2c1OCCO2. The maximum atomic E-state index is 15.8. The van der Waals surface area contributed by atoms with Crippen LogP contribution in [0, 0.1) is 11.2 Å². The molecule has 5 aromatic rings. The van der Waals surface area contributed by atoms with Gasteiger partial charge in [0.1, 0.15) is 36.2 Å². The molecule has 5 heterocycles. The summed E-state index contributed by atoms with van der Waals surface area (Å²) in [4.78, 5) is 27.6. The normalized spacial score (nSPS) is 19.9. The average molecular weight is 774 g/mol. The van der Waals surface area contributed by atoms with E-state index in [4.69, 9.17) is 18.9 Å². The number of hydrogen-bond donors (Lipinski definition) is 1. The van der Waals surface area contributed by atoms with Gasteiger partial charge in [-0.1, -0.05) is 44.2 Å². The maximum Gasteiger partial charge on any atom is 0.204 e. The first-order valence-electron chi connectivity index (χ1n) is 20.4. The zero-order valence-corrected chi connectivity index (χ0v) is 33.4. The standard InChI is InChI=1S/C46H52FN5O5/c1-29(2)35-7-5-6-8-36(35)40-28-50(27-32-9-10-41(54-4)44-43(32)55-19-20-56-44)17-18-52(40)33-24-46(25-33)12-15-51(16-13-46)39-23-42(37(30(3)53)22-38(39)47)57-34-21-31-11-14-48-45(31)49-26-34/h5-11,14,21-23,26,29,33,40H,12-13,15-20,24-25,27-28H2,1-4H3,(H,48,49)/t40-/m0/s1. The molecular weight excluding hydrogens is 722 g/mol.